The molecular formula is C19H8ClF4NaO3. The largest absolute Gasteiger partial charge is 1.00 e. The molecule has 0 bridgehead atoms. The Bertz CT molecular complexity index is 1020. The quantitative estimate of drug-likeness (QED) is 0.381. The number of hydrogen-bond acceptors (Lipinski definition) is 3. The first-order chi connectivity index (χ1) is 12.7. The third-order valence-electron chi connectivity index (χ3n) is 3.65. The van der Waals surface area contributed by atoms with Crippen LogP contribution in [0.2, 0.25) is 5.02 Å². The minimum Gasteiger partial charge on any atom is -0.545 e. The summed E-state index contributed by atoms with van der Waals surface area (Å²) in [6.45, 7) is 0. The fourth-order valence-corrected chi connectivity index (χ4v) is 2.70. The summed E-state index contributed by atoms with van der Waals surface area (Å²) in [6.07, 6.45) is -6.92. The van der Waals surface area contributed by atoms with Gasteiger partial charge in [0.1, 0.15) is 11.6 Å². The predicted molar refractivity (Wildman–Crippen MR) is 87.3 cm³/mol. The predicted octanol–water partition coefficient (Wildman–Crippen LogP) is 0.339. The van der Waals surface area contributed by atoms with Gasteiger partial charge in [0.25, 0.3) is 0 Å². The number of hydrogen-bond donors (Lipinski definition) is 0. The number of carbonyl (C=O) groups is 1. The fraction of sp³-hybridized carbons (Fsp3) is 0.105. The van der Waals surface area contributed by atoms with Crippen LogP contribution in [0.5, 0.6) is 5.75 Å². The van der Waals surface area contributed by atoms with Crippen molar-refractivity contribution >= 4 is 23.6 Å². The summed E-state index contributed by atoms with van der Waals surface area (Å²) < 4.78 is 58.2. The maximum absolute atomic E-state index is 13.7. The van der Waals surface area contributed by atoms with Gasteiger partial charge in [-0.3, -0.25) is 0 Å². The molecule has 1 aliphatic rings. The Kier molecular flexibility index (Phi) is 6.84. The van der Waals surface area contributed by atoms with E-state index in [4.69, 9.17) is 16.3 Å². The SMILES string of the molecule is O=C([O-])C1=Cc2cc(Cl)cc(C#Cc3ccccc3F)c2OC1C(F)(F)F.[Na+]. The van der Waals surface area contributed by atoms with Crippen LogP contribution < -0.4 is 39.4 Å². The first-order valence-electron chi connectivity index (χ1n) is 7.43. The second-order valence-electron chi connectivity index (χ2n) is 5.53. The van der Waals surface area contributed by atoms with Gasteiger partial charge in [0.05, 0.1) is 17.1 Å². The van der Waals surface area contributed by atoms with Gasteiger partial charge in [0, 0.05) is 16.2 Å². The molecule has 28 heavy (non-hydrogen) atoms. The summed E-state index contributed by atoms with van der Waals surface area (Å²) in [5.74, 6) is 2.12. The Balaban J connectivity index is 0.00000280. The summed E-state index contributed by atoms with van der Waals surface area (Å²) in [5, 5.41) is 11.2. The molecule has 9 heteroatoms. The van der Waals surface area contributed by atoms with Crippen LogP contribution in [-0.2, 0) is 4.79 Å². The summed E-state index contributed by atoms with van der Waals surface area (Å²) in [4.78, 5) is 11.1. The van der Waals surface area contributed by atoms with Crippen molar-refractivity contribution in [2.24, 2.45) is 0 Å². The van der Waals surface area contributed by atoms with E-state index in [1.807, 2.05) is 0 Å². The van der Waals surface area contributed by atoms with Crippen molar-refractivity contribution in [3.05, 3.63) is 69.5 Å². The molecule has 0 spiro atoms. The minimum atomic E-state index is -4.99. The van der Waals surface area contributed by atoms with E-state index in [0.717, 1.165) is 6.08 Å². The molecule has 0 aromatic heterocycles. The fourth-order valence-electron chi connectivity index (χ4n) is 2.48. The first-order valence-corrected chi connectivity index (χ1v) is 7.81. The van der Waals surface area contributed by atoms with Crippen molar-refractivity contribution < 1.29 is 61.8 Å². The molecule has 1 unspecified atom stereocenters. The molecule has 0 aliphatic carbocycles. The molecular weight excluding hydrogens is 411 g/mol. The molecule has 0 amide bonds. The van der Waals surface area contributed by atoms with E-state index in [1.54, 1.807) is 6.07 Å². The molecule has 1 atom stereocenters. The van der Waals surface area contributed by atoms with Gasteiger partial charge < -0.3 is 14.6 Å². The summed E-state index contributed by atoms with van der Waals surface area (Å²) in [7, 11) is 0. The van der Waals surface area contributed by atoms with E-state index in [-0.39, 0.29) is 57.0 Å². The molecule has 3 rings (SSSR count). The van der Waals surface area contributed by atoms with Crippen LogP contribution in [0.15, 0.2) is 42.0 Å². The smallest absolute Gasteiger partial charge is 0.545 e. The van der Waals surface area contributed by atoms with Crippen molar-refractivity contribution in [1.29, 1.82) is 0 Å². The van der Waals surface area contributed by atoms with Crippen molar-refractivity contribution in [3.63, 3.8) is 0 Å². The molecule has 0 fully saturated rings. The number of ether oxygens (including phenoxy) is 1. The van der Waals surface area contributed by atoms with Crippen LogP contribution in [0, 0.1) is 17.7 Å². The Morgan fingerprint density at radius 1 is 1.14 bits per heavy atom. The standard InChI is InChI=1S/C19H9ClF4O3.Na/c20-13-7-11(6-5-10-3-1-2-4-15(10)21)16-12(8-13)9-14(18(25)26)17(27-16)19(22,23)24;/h1-4,7-9,17H,(H,25,26);/q;+1/p-1. The zero-order chi connectivity index (χ0) is 19.8. The Morgan fingerprint density at radius 2 is 1.79 bits per heavy atom. The monoisotopic (exact) mass is 418 g/mol. The number of carboxylic acid groups (broad SMARTS) is 1. The molecule has 0 saturated heterocycles. The molecule has 0 saturated carbocycles. The van der Waals surface area contributed by atoms with Gasteiger partial charge in [0.15, 0.2) is 0 Å². The first kappa shape index (κ1) is 22.3. The maximum Gasteiger partial charge on any atom is 1.00 e. The Labute approximate surface area is 184 Å². The van der Waals surface area contributed by atoms with Crippen molar-refractivity contribution in [3.8, 4) is 17.6 Å². The van der Waals surface area contributed by atoms with Crippen LogP contribution in [0.3, 0.4) is 0 Å². The number of halogens is 5. The van der Waals surface area contributed by atoms with Crippen molar-refractivity contribution in [1.82, 2.24) is 0 Å². The van der Waals surface area contributed by atoms with E-state index in [2.05, 4.69) is 11.8 Å². The summed E-state index contributed by atoms with van der Waals surface area (Å²) in [6, 6.07) is 8.08. The third-order valence-corrected chi connectivity index (χ3v) is 3.87. The molecule has 1 aliphatic heterocycles. The topological polar surface area (TPSA) is 49.4 Å². The molecule has 0 N–H and O–H groups in total. The number of benzene rings is 2. The van der Waals surface area contributed by atoms with Gasteiger partial charge in [-0.05, 0) is 30.3 Å². The minimum absolute atomic E-state index is 0. The number of fused-ring (bicyclic) bond motifs is 1. The van der Waals surface area contributed by atoms with Gasteiger partial charge in [-0.25, -0.2) is 4.39 Å². The number of carbonyl (C=O) groups excluding carboxylic acids is 1. The molecule has 2 aromatic carbocycles. The molecule has 138 valence electrons. The zero-order valence-corrected chi connectivity index (χ0v) is 17.0. The van der Waals surface area contributed by atoms with E-state index in [9.17, 15) is 27.5 Å². The van der Waals surface area contributed by atoms with Crippen LogP contribution in [0.4, 0.5) is 17.6 Å². The average molecular weight is 419 g/mol. The zero-order valence-electron chi connectivity index (χ0n) is 14.2. The maximum atomic E-state index is 13.7. The van der Waals surface area contributed by atoms with Crippen LogP contribution in [0.1, 0.15) is 16.7 Å². The van der Waals surface area contributed by atoms with Gasteiger partial charge in [-0.2, -0.15) is 13.2 Å². The number of rotatable bonds is 1. The third kappa shape index (κ3) is 4.70. The van der Waals surface area contributed by atoms with Gasteiger partial charge in [-0.15, -0.1) is 0 Å². The van der Waals surface area contributed by atoms with E-state index in [0.29, 0.717) is 0 Å². The Morgan fingerprint density at radius 3 is 2.39 bits per heavy atom. The van der Waals surface area contributed by atoms with Crippen LogP contribution >= 0.6 is 11.6 Å². The molecule has 1 heterocycles. The van der Waals surface area contributed by atoms with Gasteiger partial charge >= 0.3 is 35.7 Å². The molecule has 3 nitrogen and oxygen atoms in total. The Hall–Kier alpha value is -1.98. The average Bonchev–Trinajstić information content (AvgIpc) is 2.58. The van der Waals surface area contributed by atoms with E-state index in [1.165, 1.54) is 30.3 Å². The summed E-state index contributed by atoms with van der Waals surface area (Å²) in [5.41, 5.74) is -1.09. The van der Waals surface area contributed by atoms with Crippen LogP contribution in [-0.4, -0.2) is 18.2 Å². The van der Waals surface area contributed by atoms with Gasteiger partial charge in [-0.1, -0.05) is 35.6 Å². The van der Waals surface area contributed by atoms with Crippen LogP contribution in [0.25, 0.3) is 6.08 Å². The molecule has 2 aromatic rings. The number of aliphatic carboxylic acids is 1. The normalized spacial score (nSPS) is 15.2. The van der Waals surface area contributed by atoms with E-state index < -0.39 is 29.6 Å². The van der Waals surface area contributed by atoms with Crippen molar-refractivity contribution in [2.45, 2.75) is 12.3 Å². The second-order valence-corrected chi connectivity index (χ2v) is 5.96. The van der Waals surface area contributed by atoms with Gasteiger partial charge in [0.2, 0.25) is 6.10 Å². The van der Waals surface area contributed by atoms with E-state index >= 15 is 0 Å². The number of carboxylic acids is 1. The van der Waals surface area contributed by atoms with Crippen molar-refractivity contribution in [2.75, 3.05) is 0 Å². The number of alkyl halides is 3. The summed E-state index contributed by atoms with van der Waals surface area (Å²) >= 11 is 5.94. The second kappa shape index (κ2) is 8.58. The molecule has 0 radical (unpaired) electrons.